The SMILES string of the molecule is FC(F)(F)Sc1ccc(C[P+](c2ccccc2)(c2ccccc2)c2ccc(OCC[18F])cc2)cc1. The molecule has 4 aromatic rings. The summed E-state index contributed by atoms with van der Waals surface area (Å²) in [5.74, 6) is 0.596. The van der Waals surface area contributed by atoms with E-state index in [1.807, 2.05) is 60.7 Å². The smallest absolute Gasteiger partial charge is 0.446 e. The van der Waals surface area contributed by atoms with Crippen LogP contribution in [0.1, 0.15) is 5.56 Å². The summed E-state index contributed by atoms with van der Waals surface area (Å²) < 4.78 is 56.5. The summed E-state index contributed by atoms with van der Waals surface area (Å²) in [6, 6.07) is 34.8. The molecule has 35 heavy (non-hydrogen) atoms. The zero-order chi connectivity index (χ0) is 24.7. The predicted octanol–water partition coefficient (Wildman–Crippen LogP) is 7.14. The molecule has 7 heteroatoms. The maximum Gasteiger partial charge on any atom is 0.446 e. The molecular weight excluding hydrogens is 490 g/mol. The van der Waals surface area contributed by atoms with E-state index in [0.717, 1.165) is 21.5 Å². The summed E-state index contributed by atoms with van der Waals surface area (Å²) >= 11 is -0.107. The second-order valence-corrected chi connectivity index (χ2v) is 12.5. The topological polar surface area (TPSA) is 9.23 Å². The van der Waals surface area contributed by atoms with Crippen LogP contribution in [0.4, 0.5) is 17.6 Å². The third kappa shape index (κ3) is 6.25. The van der Waals surface area contributed by atoms with E-state index in [0.29, 0.717) is 11.9 Å². The second-order valence-electron chi connectivity index (χ2n) is 7.86. The van der Waals surface area contributed by atoms with E-state index >= 15 is 0 Å². The standard InChI is InChI=1S/C28H24F4OPS/c29-19-20-33-23-13-15-26(16-14-23)34(24-7-3-1-4-8-24,25-9-5-2-6-10-25)21-22-11-17-27(18-12-22)35-28(30,31)32/h1-18H,19-21H2/q+1/i29-1. The second kappa shape index (κ2) is 11.3. The highest BCUT2D eigenvalue weighted by Gasteiger charge is 2.45. The van der Waals surface area contributed by atoms with Crippen LogP contribution in [0, 0.1) is 0 Å². The van der Waals surface area contributed by atoms with E-state index in [-0.39, 0.29) is 23.3 Å². The van der Waals surface area contributed by atoms with Crippen molar-refractivity contribution in [2.24, 2.45) is 0 Å². The van der Waals surface area contributed by atoms with E-state index in [1.54, 1.807) is 12.1 Å². The first-order valence-electron chi connectivity index (χ1n) is 11.0. The zero-order valence-corrected chi connectivity index (χ0v) is 20.5. The van der Waals surface area contributed by atoms with Gasteiger partial charge in [0.25, 0.3) is 0 Å². The van der Waals surface area contributed by atoms with Gasteiger partial charge in [-0.1, -0.05) is 48.5 Å². The van der Waals surface area contributed by atoms with Crippen LogP contribution in [0.25, 0.3) is 0 Å². The average molecular weight is 515 g/mol. The quantitative estimate of drug-likeness (QED) is 0.133. The zero-order valence-electron chi connectivity index (χ0n) is 18.8. The molecule has 180 valence electrons. The van der Waals surface area contributed by atoms with Crippen molar-refractivity contribution in [3.63, 3.8) is 0 Å². The Morgan fingerprint density at radius 3 is 1.66 bits per heavy atom. The fourth-order valence-electron chi connectivity index (χ4n) is 4.11. The third-order valence-corrected chi connectivity index (χ3v) is 10.7. The molecule has 0 fully saturated rings. The van der Waals surface area contributed by atoms with E-state index in [1.165, 1.54) is 12.1 Å². The molecule has 0 spiro atoms. The number of alkyl halides is 4. The van der Waals surface area contributed by atoms with Gasteiger partial charge in [-0.25, -0.2) is 4.39 Å². The minimum absolute atomic E-state index is 0.000705. The molecule has 0 unspecified atom stereocenters. The number of thioether (sulfide) groups is 1. The molecule has 0 aliphatic heterocycles. The fourth-order valence-corrected chi connectivity index (χ4v) is 8.87. The number of hydrogen-bond acceptors (Lipinski definition) is 2. The van der Waals surface area contributed by atoms with Gasteiger partial charge in [-0.05, 0) is 78.0 Å². The van der Waals surface area contributed by atoms with Gasteiger partial charge in [0, 0.05) is 4.90 Å². The van der Waals surface area contributed by atoms with Crippen LogP contribution in [0.5, 0.6) is 5.75 Å². The summed E-state index contributed by atoms with van der Waals surface area (Å²) in [5, 5.41) is 3.44. The maximum absolute atomic E-state index is 12.8. The molecule has 0 atom stereocenters. The Bertz CT molecular complexity index is 1160. The molecule has 0 aliphatic rings. The Balaban J connectivity index is 1.82. The lowest BCUT2D eigenvalue weighted by Crippen LogP contribution is -2.32. The van der Waals surface area contributed by atoms with Crippen LogP contribution in [-0.4, -0.2) is 18.8 Å². The largest absolute Gasteiger partial charge is 0.491 e. The Morgan fingerprint density at radius 1 is 0.657 bits per heavy atom. The highest BCUT2D eigenvalue weighted by atomic mass is 32.2. The van der Waals surface area contributed by atoms with Gasteiger partial charge < -0.3 is 4.74 Å². The first-order valence-corrected chi connectivity index (χ1v) is 13.8. The highest BCUT2D eigenvalue weighted by Crippen LogP contribution is 2.58. The van der Waals surface area contributed by atoms with Crippen molar-refractivity contribution in [2.75, 3.05) is 13.3 Å². The van der Waals surface area contributed by atoms with Crippen molar-refractivity contribution >= 4 is 34.9 Å². The highest BCUT2D eigenvalue weighted by molar-refractivity contribution is 8.00. The number of rotatable bonds is 9. The molecule has 1 nitrogen and oxygen atoms in total. The van der Waals surface area contributed by atoms with Crippen molar-refractivity contribution in [1.82, 2.24) is 0 Å². The monoisotopic (exact) mass is 514 g/mol. The Kier molecular flexibility index (Phi) is 8.15. The molecular formula is C28H24F4OPS+. The van der Waals surface area contributed by atoms with Crippen molar-refractivity contribution in [1.29, 1.82) is 0 Å². The van der Waals surface area contributed by atoms with E-state index in [4.69, 9.17) is 4.74 Å². The molecule has 0 aliphatic carbocycles. The van der Waals surface area contributed by atoms with Crippen LogP contribution in [0.3, 0.4) is 0 Å². The Hall–Kier alpha value is -2.82. The van der Waals surface area contributed by atoms with Crippen LogP contribution in [0.2, 0.25) is 0 Å². The van der Waals surface area contributed by atoms with E-state index in [9.17, 15) is 17.6 Å². The predicted molar refractivity (Wildman–Crippen MR) is 139 cm³/mol. The molecule has 0 saturated carbocycles. The molecule has 0 saturated heterocycles. The minimum atomic E-state index is -4.32. The van der Waals surface area contributed by atoms with Crippen LogP contribution >= 0.6 is 19.0 Å². The number of halogens is 4. The van der Waals surface area contributed by atoms with E-state index < -0.39 is 19.4 Å². The summed E-state index contributed by atoms with van der Waals surface area (Å²) in [5.41, 5.74) is -3.37. The normalized spacial score (nSPS) is 11.9. The summed E-state index contributed by atoms with van der Waals surface area (Å²) in [7, 11) is -2.24. The van der Waals surface area contributed by atoms with Gasteiger partial charge in [0.05, 0.1) is 6.16 Å². The molecule has 4 rings (SSSR count). The van der Waals surface area contributed by atoms with Gasteiger partial charge in [-0.3, -0.25) is 0 Å². The fraction of sp³-hybridized carbons (Fsp3) is 0.143. The number of hydrogen-bond donors (Lipinski definition) is 0. The molecule has 0 heterocycles. The molecule has 0 N–H and O–H groups in total. The van der Waals surface area contributed by atoms with Crippen LogP contribution < -0.4 is 20.7 Å². The molecule has 4 aromatic carbocycles. The maximum atomic E-state index is 12.8. The Labute approximate surface area is 207 Å². The van der Waals surface area contributed by atoms with Crippen LogP contribution in [-0.2, 0) is 6.16 Å². The van der Waals surface area contributed by atoms with Gasteiger partial charge in [0.15, 0.2) is 0 Å². The lowest BCUT2D eigenvalue weighted by molar-refractivity contribution is -0.0328. The Morgan fingerprint density at radius 2 is 1.17 bits per heavy atom. The lowest BCUT2D eigenvalue weighted by atomic mass is 10.2. The van der Waals surface area contributed by atoms with Gasteiger partial charge in [-0.15, -0.1) is 0 Å². The molecule has 0 amide bonds. The van der Waals surface area contributed by atoms with Crippen LogP contribution in [0.15, 0.2) is 114 Å². The first-order chi connectivity index (χ1) is 16.9. The minimum Gasteiger partial charge on any atom is -0.491 e. The average Bonchev–Trinajstić information content (AvgIpc) is 2.88. The number of ether oxygens (including phenoxy) is 1. The lowest BCUT2D eigenvalue weighted by Gasteiger charge is -2.28. The third-order valence-electron chi connectivity index (χ3n) is 5.59. The van der Waals surface area contributed by atoms with Crippen molar-refractivity contribution in [3.8, 4) is 5.75 Å². The van der Waals surface area contributed by atoms with Gasteiger partial charge in [-0.2, -0.15) is 13.2 Å². The van der Waals surface area contributed by atoms with Crippen molar-refractivity contribution in [2.45, 2.75) is 16.6 Å². The molecule has 0 radical (unpaired) electrons. The summed E-state index contributed by atoms with van der Waals surface area (Å²) in [6.07, 6.45) is 0.642. The van der Waals surface area contributed by atoms with E-state index in [2.05, 4.69) is 24.3 Å². The van der Waals surface area contributed by atoms with Crippen molar-refractivity contribution in [3.05, 3.63) is 115 Å². The molecule has 0 bridgehead atoms. The number of benzene rings is 4. The van der Waals surface area contributed by atoms with Gasteiger partial charge in [0.1, 0.15) is 42.2 Å². The summed E-state index contributed by atoms with van der Waals surface area (Å²) in [6.45, 7) is -0.561. The molecule has 0 aromatic heterocycles. The van der Waals surface area contributed by atoms with Crippen molar-refractivity contribution < 1.29 is 22.3 Å². The summed E-state index contributed by atoms with van der Waals surface area (Å²) in [4.78, 5) is 0.166. The first kappa shape index (κ1) is 25.3. The van der Waals surface area contributed by atoms with Gasteiger partial charge in [0.2, 0.25) is 0 Å². The van der Waals surface area contributed by atoms with Gasteiger partial charge >= 0.3 is 5.51 Å².